The summed E-state index contributed by atoms with van der Waals surface area (Å²) in [5, 5.41) is 15.3. The second-order valence-corrected chi connectivity index (χ2v) is 4.81. The number of aliphatic carboxylic acids is 1. The number of carboxylic acids is 1. The molecule has 0 spiro atoms. The van der Waals surface area contributed by atoms with Gasteiger partial charge in [0.2, 0.25) is 17.6 Å². The van der Waals surface area contributed by atoms with Gasteiger partial charge in [-0.3, -0.25) is 4.79 Å². The fourth-order valence-corrected chi connectivity index (χ4v) is 1.89. The van der Waals surface area contributed by atoms with Crippen LogP contribution in [0.1, 0.15) is 25.2 Å². The van der Waals surface area contributed by atoms with Gasteiger partial charge >= 0.3 is 5.97 Å². The Morgan fingerprint density at radius 2 is 2.30 bits per heavy atom. The van der Waals surface area contributed by atoms with E-state index in [9.17, 15) is 9.59 Å². The molecule has 1 atom stereocenters. The minimum atomic E-state index is -1.07. The van der Waals surface area contributed by atoms with Gasteiger partial charge in [0.1, 0.15) is 6.04 Å². The number of furan rings is 1. The van der Waals surface area contributed by atoms with E-state index in [1.807, 2.05) is 0 Å². The lowest BCUT2D eigenvalue weighted by Gasteiger charge is -2.12. The van der Waals surface area contributed by atoms with Gasteiger partial charge in [-0.25, -0.2) is 4.79 Å². The van der Waals surface area contributed by atoms with E-state index in [4.69, 9.17) is 14.0 Å². The van der Waals surface area contributed by atoms with Crippen LogP contribution < -0.4 is 5.32 Å². The van der Waals surface area contributed by atoms with Crippen molar-refractivity contribution in [2.24, 2.45) is 0 Å². The second-order valence-electron chi connectivity index (χ2n) is 4.81. The molecule has 0 aliphatic carbocycles. The van der Waals surface area contributed by atoms with Crippen LogP contribution in [0.25, 0.3) is 11.6 Å². The Morgan fingerprint density at radius 1 is 1.48 bits per heavy atom. The first-order valence-electron chi connectivity index (χ1n) is 7.09. The summed E-state index contributed by atoms with van der Waals surface area (Å²) in [6.45, 7) is 3.53. The molecule has 1 amide bonds. The van der Waals surface area contributed by atoms with E-state index in [0.717, 1.165) is 0 Å². The molecule has 8 heteroatoms. The first kappa shape index (κ1) is 16.5. The van der Waals surface area contributed by atoms with Crippen molar-refractivity contribution in [2.75, 3.05) is 0 Å². The number of carbonyl (C=O) groups excluding carboxylic acids is 1. The summed E-state index contributed by atoms with van der Waals surface area (Å²) in [4.78, 5) is 27.0. The van der Waals surface area contributed by atoms with E-state index in [-0.39, 0.29) is 24.6 Å². The van der Waals surface area contributed by atoms with Crippen molar-refractivity contribution in [3.8, 4) is 11.6 Å². The smallest absolute Gasteiger partial charge is 0.326 e. The molecule has 122 valence electrons. The maximum Gasteiger partial charge on any atom is 0.326 e. The van der Waals surface area contributed by atoms with Crippen LogP contribution >= 0.6 is 0 Å². The first-order chi connectivity index (χ1) is 11.1. The Morgan fingerprint density at radius 3 is 2.96 bits per heavy atom. The van der Waals surface area contributed by atoms with Gasteiger partial charge in [0.25, 0.3) is 0 Å². The molecule has 0 aromatic carbocycles. The third-order valence-corrected chi connectivity index (χ3v) is 3.07. The van der Waals surface area contributed by atoms with Crippen molar-refractivity contribution >= 4 is 11.9 Å². The first-order valence-corrected chi connectivity index (χ1v) is 7.09. The van der Waals surface area contributed by atoms with E-state index < -0.39 is 12.0 Å². The van der Waals surface area contributed by atoms with Crippen LogP contribution in [0.2, 0.25) is 0 Å². The molecule has 2 aromatic rings. The van der Waals surface area contributed by atoms with Crippen LogP contribution in [-0.4, -0.2) is 33.2 Å². The molecule has 0 aliphatic rings. The lowest BCUT2D eigenvalue weighted by atomic mass is 10.1. The largest absolute Gasteiger partial charge is 0.480 e. The molecule has 1 unspecified atom stereocenters. The van der Waals surface area contributed by atoms with Gasteiger partial charge in [-0.15, -0.1) is 6.58 Å². The molecule has 23 heavy (non-hydrogen) atoms. The number of rotatable bonds is 9. The third kappa shape index (κ3) is 4.80. The van der Waals surface area contributed by atoms with Gasteiger partial charge in [0.15, 0.2) is 5.76 Å². The number of allylic oxidation sites excluding steroid dienone is 1. The molecule has 0 fully saturated rings. The summed E-state index contributed by atoms with van der Waals surface area (Å²) in [5.74, 6) is -0.401. The minimum absolute atomic E-state index is 0.0532. The zero-order valence-electron chi connectivity index (χ0n) is 12.4. The highest BCUT2D eigenvalue weighted by Crippen LogP contribution is 2.16. The predicted octanol–water partition coefficient (Wildman–Crippen LogP) is 1.80. The van der Waals surface area contributed by atoms with E-state index in [2.05, 4.69) is 22.0 Å². The van der Waals surface area contributed by atoms with Crippen molar-refractivity contribution in [3.63, 3.8) is 0 Å². The van der Waals surface area contributed by atoms with Crippen molar-refractivity contribution in [1.82, 2.24) is 15.5 Å². The molecule has 0 aliphatic heterocycles. The molecule has 0 radical (unpaired) electrons. The van der Waals surface area contributed by atoms with Crippen molar-refractivity contribution in [3.05, 3.63) is 36.9 Å². The van der Waals surface area contributed by atoms with E-state index in [0.29, 0.717) is 24.4 Å². The summed E-state index contributed by atoms with van der Waals surface area (Å²) in [7, 11) is 0. The van der Waals surface area contributed by atoms with Crippen LogP contribution in [0.3, 0.4) is 0 Å². The Kier molecular flexibility index (Phi) is 5.67. The normalized spacial score (nSPS) is 11.8. The van der Waals surface area contributed by atoms with Crippen LogP contribution in [0.4, 0.5) is 0 Å². The summed E-state index contributed by atoms with van der Waals surface area (Å²) in [6.07, 6.45) is 4.18. The molecule has 0 saturated carbocycles. The van der Waals surface area contributed by atoms with Crippen LogP contribution in [0, 0.1) is 0 Å². The lowest BCUT2D eigenvalue weighted by molar-refractivity contribution is -0.142. The Hall–Kier alpha value is -2.90. The monoisotopic (exact) mass is 319 g/mol. The number of hydrogen-bond acceptors (Lipinski definition) is 6. The maximum absolute atomic E-state index is 11.8. The van der Waals surface area contributed by atoms with Crippen molar-refractivity contribution in [2.45, 2.75) is 31.7 Å². The number of aromatic nitrogens is 2. The standard InChI is InChI=1S/C15H17N3O5/c1-2-3-5-10(15(20)21)16-12(19)7-8-13-17-14(18-23-13)11-6-4-9-22-11/h2,4,6,9-10H,1,3,5,7-8H2,(H,16,19)(H,20,21). The fraction of sp³-hybridized carbons (Fsp3) is 0.333. The quantitative estimate of drug-likeness (QED) is 0.676. The topological polar surface area (TPSA) is 118 Å². The number of carbonyl (C=O) groups is 2. The summed E-state index contributed by atoms with van der Waals surface area (Å²) < 4.78 is 10.2. The number of nitrogens with one attached hydrogen (secondary N) is 1. The fourth-order valence-electron chi connectivity index (χ4n) is 1.89. The summed E-state index contributed by atoms with van der Waals surface area (Å²) >= 11 is 0. The maximum atomic E-state index is 11.8. The van der Waals surface area contributed by atoms with Crippen molar-refractivity contribution < 1.29 is 23.6 Å². The Balaban J connectivity index is 1.84. The van der Waals surface area contributed by atoms with Gasteiger partial charge in [0.05, 0.1) is 6.26 Å². The third-order valence-electron chi connectivity index (χ3n) is 3.07. The van der Waals surface area contributed by atoms with Gasteiger partial charge in [-0.1, -0.05) is 11.2 Å². The number of hydrogen-bond donors (Lipinski definition) is 2. The van der Waals surface area contributed by atoms with Gasteiger partial charge in [-0.2, -0.15) is 4.98 Å². The molecule has 8 nitrogen and oxygen atoms in total. The molecule has 0 saturated heterocycles. The molecular formula is C15H17N3O5. The molecule has 2 rings (SSSR count). The van der Waals surface area contributed by atoms with Gasteiger partial charge < -0.3 is 19.4 Å². The SMILES string of the molecule is C=CCCC(NC(=O)CCc1nc(-c2ccco2)no1)C(=O)O. The average Bonchev–Trinajstić information content (AvgIpc) is 3.19. The number of nitrogens with zero attached hydrogens (tertiary/aromatic N) is 2. The summed E-state index contributed by atoms with van der Waals surface area (Å²) in [5.41, 5.74) is 0. The highest BCUT2D eigenvalue weighted by Gasteiger charge is 2.19. The van der Waals surface area contributed by atoms with Crippen LogP contribution in [-0.2, 0) is 16.0 Å². The van der Waals surface area contributed by atoms with Gasteiger partial charge in [0, 0.05) is 12.8 Å². The zero-order chi connectivity index (χ0) is 16.7. The van der Waals surface area contributed by atoms with Crippen LogP contribution in [0.5, 0.6) is 0 Å². The predicted molar refractivity (Wildman–Crippen MR) is 79.3 cm³/mol. The highest BCUT2D eigenvalue weighted by atomic mass is 16.5. The number of amides is 1. The van der Waals surface area contributed by atoms with E-state index >= 15 is 0 Å². The second kappa shape index (κ2) is 7.92. The Labute approximate surface area is 132 Å². The molecule has 2 aromatic heterocycles. The van der Waals surface area contributed by atoms with E-state index in [1.165, 1.54) is 6.26 Å². The van der Waals surface area contributed by atoms with E-state index in [1.54, 1.807) is 18.2 Å². The molecule has 2 heterocycles. The van der Waals surface area contributed by atoms with Gasteiger partial charge in [-0.05, 0) is 25.0 Å². The molecular weight excluding hydrogens is 302 g/mol. The Bertz CT molecular complexity index is 662. The minimum Gasteiger partial charge on any atom is -0.480 e. The van der Waals surface area contributed by atoms with Crippen LogP contribution in [0.15, 0.2) is 40.0 Å². The average molecular weight is 319 g/mol. The molecule has 0 bridgehead atoms. The summed E-state index contributed by atoms with van der Waals surface area (Å²) in [6, 6.07) is 2.47. The number of carboxylic acid groups (broad SMARTS) is 1. The lowest BCUT2D eigenvalue weighted by Crippen LogP contribution is -2.40. The number of aryl methyl sites for hydroxylation is 1. The molecule has 2 N–H and O–H groups in total. The zero-order valence-corrected chi connectivity index (χ0v) is 12.4. The van der Waals surface area contributed by atoms with Crippen molar-refractivity contribution in [1.29, 1.82) is 0 Å². The highest BCUT2D eigenvalue weighted by molar-refractivity contribution is 5.83.